The topological polar surface area (TPSA) is 50.8 Å². The lowest BCUT2D eigenvalue weighted by Crippen LogP contribution is -2.11. The summed E-state index contributed by atoms with van der Waals surface area (Å²) < 4.78 is 6.05. The molecule has 4 heteroatoms. The molecule has 0 saturated carbocycles. The highest BCUT2D eigenvalue weighted by atomic mass is 16.5. The average Bonchev–Trinajstić information content (AvgIpc) is 2.93. The molecule has 3 rings (SSSR count). The van der Waals surface area contributed by atoms with Crippen LogP contribution in [-0.2, 0) is 0 Å². The molecule has 0 fully saturated rings. The molecule has 0 amide bonds. The predicted molar refractivity (Wildman–Crippen MR) is 103 cm³/mol. The molecule has 25 heavy (non-hydrogen) atoms. The van der Waals surface area contributed by atoms with Gasteiger partial charge in [0.2, 0.25) is 0 Å². The van der Waals surface area contributed by atoms with Crippen molar-refractivity contribution in [1.82, 2.24) is 15.0 Å². The Balaban J connectivity index is 1.82. The van der Waals surface area contributed by atoms with Crippen LogP contribution in [0.3, 0.4) is 0 Å². The first kappa shape index (κ1) is 17.5. The smallest absolute Gasteiger partial charge is 0.178 e. The zero-order valence-corrected chi connectivity index (χ0v) is 15.8. The normalized spacial score (nSPS) is 12.7. The third-order valence-electron chi connectivity index (χ3n) is 4.39. The van der Waals surface area contributed by atoms with Gasteiger partial charge in [-0.3, -0.25) is 0 Å². The number of hydrogen-bond acceptors (Lipinski definition) is 3. The summed E-state index contributed by atoms with van der Waals surface area (Å²) in [6.45, 7) is 11.6. The first-order valence-electron chi connectivity index (χ1n) is 8.99. The highest BCUT2D eigenvalue weighted by Crippen LogP contribution is 2.30. The molecular weight excluding hydrogens is 310 g/mol. The van der Waals surface area contributed by atoms with Gasteiger partial charge < -0.3 is 9.72 Å². The fourth-order valence-corrected chi connectivity index (χ4v) is 3.35. The maximum Gasteiger partial charge on any atom is 0.178 e. The number of H-pyrrole nitrogens is 1. The number of pyridine rings is 1. The predicted octanol–water partition coefficient (Wildman–Crippen LogP) is 5.30. The van der Waals surface area contributed by atoms with Gasteiger partial charge in [-0.2, -0.15) is 0 Å². The number of nitrogens with one attached hydrogen (secondary N) is 1. The van der Waals surface area contributed by atoms with Gasteiger partial charge in [-0.1, -0.05) is 26.8 Å². The molecule has 0 aliphatic carbocycles. The van der Waals surface area contributed by atoms with Crippen LogP contribution < -0.4 is 4.74 Å². The van der Waals surface area contributed by atoms with E-state index in [1.165, 1.54) is 6.42 Å². The van der Waals surface area contributed by atoms with E-state index in [0.717, 1.165) is 46.0 Å². The molecule has 1 N–H and O–H groups in total. The van der Waals surface area contributed by atoms with Gasteiger partial charge in [0.1, 0.15) is 11.6 Å². The lowest BCUT2D eigenvalue weighted by molar-refractivity contribution is 0.238. The van der Waals surface area contributed by atoms with E-state index in [1.807, 2.05) is 19.2 Å². The van der Waals surface area contributed by atoms with Gasteiger partial charge in [-0.25, -0.2) is 9.97 Å². The number of aromatic nitrogens is 3. The Bertz CT molecular complexity index is 867. The van der Waals surface area contributed by atoms with Crippen LogP contribution in [0.25, 0.3) is 22.3 Å². The minimum absolute atomic E-state index is 0.562. The molecule has 0 spiro atoms. The summed E-state index contributed by atoms with van der Waals surface area (Å²) in [4.78, 5) is 12.1. The molecule has 0 bridgehead atoms. The summed E-state index contributed by atoms with van der Waals surface area (Å²) in [6, 6.07) is 8.38. The largest absolute Gasteiger partial charge is 0.493 e. The molecule has 1 atom stereocenters. The number of imidazole rings is 1. The van der Waals surface area contributed by atoms with Crippen LogP contribution in [0, 0.1) is 25.7 Å². The van der Waals surface area contributed by atoms with E-state index in [-0.39, 0.29) is 0 Å². The number of hydrogen-bond donors (Lipinski definition) is 1. The Hall–Kier alpha value is -2.36. The van der Waals surface area contributed by atoms with Crippen LogP contribution in [0.2, 0.25) is 0 Å². The molecule has 2 aromatic heterocycles. The Labute approximate surface area is 149 Å². The summed E-state index contributed by atoms with van der Waals surface area (Å²) >= 11 is 0. The zero-order valence-electron chi connectivity index (χ0n) is 15.8. The van der Waals surface area contributed by atoms with Crippen molar-refractivity contribution in [2.24, 2.45) is 11.8 Å². The van der Waals surface area contributed by atoms with Crippen molar-refractivity contribution in [2.45, 2.75) is 41.0 Å². The van der Waals surface area contributed by atoms with Gasteiger partial charge in [-0.05, 0) is 61.4 Å². The van der Waals surface area contributed by atoms with Crippen LogP contribution in [0.5, 0.6) is 5.75 Å². The van der Waals surface area contributed by atoms with E-state index < -0.39 is 0 Å². The van der Waals surface area contributed by atoms with Crippen LogP contribution in [0.15, 0.2) is 30.5 Å². The Morgan fingerprint density at radius 2 is 1.92 bits per heavy atom. The zero-order chi connectivity index (χ0) is 18.0. The van der Waals surface area contributed by atoms with E-state index in [1.54, 1.807) is 0 Å². The number of aryl methyl sites for hydroxylation is 2. The fourth-order valence-electron chi connectivity index (χ4n) is 3.35. The maximum atomic E-state index is 6.05. The van der Waals surface area contributed by atoms with E-state index >= 15 is 0 Å². The summed E-state index contributed by atoms with van der Waals surface area (Å²) in [6.07, 6.45) is 3.00. The van der Waals surface area contributed by atoms with E-state index in [9.17, 15) is 0 Å². The third kappa shape index (κ3) is 4.01. The van der Waals surface area contributed by atoms with Crippen molar-refractivity contribution >= 4 is 11.2 Å². The summed E-state index contributed by atoms with van der Waals surface area (Å²) in [7, 11) is 0. The van der Waals surface area contributed by atoms with Crippen molar-refractivity contribution in [3.8, 4) is 16.9 Å². The molecule has 0 unspecified atom stereocenters. The van der Waals surface area contributed by atoms with E-state index in [0.29, 0.717) is 11.8 Å². The number of fused-ring (bicyclic) bond motifs is 1. The Morgan fingerprint density at radius 1 is 1.12 bits per heavy atom. The number of benzene rings is 1. The van der Waals surface area contributed by atoms with E-state index in [2.05, 4.69) is 60.8 Å². The van der Waals surface area contributed by atoms with Crippen LogP contribution in [-0.4, -0.2) is 21.6 Å². The molecule has 1 aromatic carbocycles. The van der Waals surface area contributed by atoms with Crippen molar-refractivity contribution in [3.63, 3.8) is 0 Å². The SMILES string of the molecule is Cc1nc2nccc(-c3ccc(OC[C@H](C)CC(C)C)c(C)c3)c2[nH]1. The molecule has 0 aliphatic heterocycles. The highest BCUT2D eigenvalue weighted by molar-refractivity contribution is 5.89. The standard InChI is InChI=1S/C21H27N3O/c1-13(2)10-14(3)12-25-19-7-6-17(11-15(19)4)18-8-9-22-21-20(18)23-16(5)24-21/h6-9,11,13-14H,10,12H2,1-5H3,(H,22,23,24)/t14-/m1/s1. The molecule has 0 radical (unpaired) electrons. The number of rotatable bonds is 6. The number of nitrogens with zero attached hydrogens (tertiary/aromatic N) is 2. The molecule has 132 valence electrons. The molecule has 3 aromatic rings. The molecule has 2 heterocycles. The molecular formula is C21H27N3O. The van der Waals surface area contributed by atoms with Gasteiger partial charge in [0.15, 0.2) is 5.65 Å². The van der Waals surface area contributed by atoms with Crippen molar-refractivity contribution in [2.75, 3.05) is 6.61 Å². The summed E-state index contributed by atoms with van der Waals surface area (Å²) in [5.41, 5.74) is 5.16. The Kier molecular flexibility index (Phi) is 5.07. The highest BCUT2D eigenvalue weighted by Gasteiger charge is 2.11. The van der Waals surface area contributed by atoms with Crippen LogP contribution >= 0.6 is 0 Å². The Morgan fingerprint density at radius 3 is 2.64 bits per heavy atom. The lowest BCUT2D eigenvalue weighted by atomic mass is 10.00. The third-order valence-corrected chi connectivity index (χ3v) is 4.39. The van der Waals surface area contributed by atoms with Gasteiger partial charge in [0.05, 0.1) is 12.1 Å². The molecule has 0 saturated heterocycles. The molecule has 0 aliphatic rings. The van der Waals surface area contributed by atoms with Gasteiger partial charge >= 0.3 is 0 Å². The number of ether oxygens (including phenoxy) is 1. The minimum Gasteiger partial charge on any atom is -0.493 e. The van der Waals surface area contributed by atoms with Crippen molar-refractivity contribution in [1.29, 1.82) is 0 Å². The lowest BCUT2D eigenvalue weighted by Gasteiger charge is -2.16. The fraction of sp³-hybridized carbons (Fsp3) is 0.429. The van der Waals surface area contributed by atoms with Crippen molar-refractivity contribution < 1.29 is 4.74 Å². The number of aromatic amines is 1. The van der Waals surface area contributed by atoms with Gasteiger partial charge in [0, 0.05) is 11.8 Å². The quantitative estimate of drug-likeness (QED) is 0.664. The first-order chi connectivity index (χ1) is 11.9. The van der Waals surface area contributed by atoms with Gasteiger partial charge in [0.25, 0.3) is 0 Å². The van der Waals surface area contributed by atoms with E-state index in [4.69, 9.17) is 4.74 Å². The summed E-state index contributed by atoms with van der Waals surface area (Å²) in [5.74, 6) is 3.11. The van der Waals surface area contributed by atoms with Gasteiger partial charge in [-0.15, -0.1) is 0 Å². The summed E-state index contributed by atoms with van der Waals surface area (Å²) in [5, 5.41) is 0. The monoisotopic (exact) mass is 337 g/mol. The first-order valence-corrected chi connectivity index (χ1v) is 8.99. The second kappa shape index (κ2) is 7.26. The molecule has 4 nitrogen and oxygen atoms in total. The average molecular weight is 337 g/mol. The maximum absolute atomic E-state index is 6.05. The second-order valence-electron chi connectivity index (χ2n) is 7.41. The van der Waals surface area contributed by atoms with Crippen molar-refractivity contribution in [3.05, 3.63) is 41.9 Å². The van der Waals surface area contributed by atoms with Crippen LogP contribution in [0.4, 0.5) is 0 Å². The van der Waals surface area contributed by atoms with Crippen LogP contribution in [0.1, 0.15) is 38.6 Å². The second-order valence-corrected chi connectivity index (χ2v) is 7.41. The minimum atomic E-state index is 0.562.